The van der Waals surface area contributed by atoms with Gasteiger partial charge in [0.2, 0.25) is 10.0 Å². The Balaban J connectivity index is 1.61. The highest BCUT2D eigenvalue weighted by Gasteiger charge is 2.42. The number of nitro benzene ring substituents is 1. The lowest BCUT2D eigenvalue weighted by molar-refractivity contribution is -0.384. The molecule has 1 aromatic rings. The molecule has 3 fully saturated rings. The molecule has 0 aromatic heterocycles. The maximum atomic E-state index is 12.6. The van der Waals surface area contributed by atoms with E-state index in [1.807, 2.05) is 6.08 Å². The Hall–Kier alpha value is -2.52. The minimum Gasteiger partial charge on any atom is -0.481 e. The van der Waals surface area contributed by atoms with E-state index in [9.17, 15) is 23.3 Å². The molecule has 0 amide bonds. The van der Waals surface area contributed by atoms with Crippen LogP contribution in [0.1, 0.15) is 50.5 Å². The molecule has 3 aliphatic rings. The minimum absolute atomic E-state index is 0.0879. The van der Waals surface area contributed by atoms with Crippen LogP contribution >= 0.6 is 0 Å². The van der Waals surface area contributed by atoms with E-state index in [1.54, 1.807) is 6.07 Å². The molecule has 4 atom stereocenters. The van der Waals surface area contributed by atoms with Crippen molar-refractivity contribution in [2.45, 2.75) is 51.0 Å². The van der Waals surface area contributed by atoms with Gasteiger partial charge in [0.15, 0.2) is 0 Å². The van der Waals surface area contributed by atoms with Gasteiger partial charge < -0.3 is 5.11 Å². The van der Waals surface area contributed by atoms with Gasteiger partial charge >= 0.3 is 5.97 Å². The minimum atomic E-state index is -3.69. The van der Waals surface area contributed by atoms with E-state index < -0.39 is 20.9 Å². The summed E-state index contributed by atoms with van der Waals surface area (Å²) in [6.45, 7) is 0. The Morgan fingerprint density at radius 3 is 2.81 bits per heavy atom. The maximum absolute atomic E-state index is 12.6. The van der Waals surface area contributed by atoms with E-state index in [1.165, 1.54) is 24.3 Å². The number of aliphatic carboxylic acids is 1. The van der Waals surface area contributed by atoms with E-state index in [4.69, 9.17) is 5.11 Å². The van der Waals surface area contributed by atoms with Gasteiger partial charge in [-0.2, -0.15) is 0 Å². The summed E-state index contributed by atoms with van der Waals surface area (Å²) in [7, 11) is -3.69. The topological polar surface area (TPSA) is 127 Å². The molecule has 168 valence electrons. The quantitative estimate of drug-likeness (QED) is 0.240. The zero-order valence-electron chi connectivity index (χ0n) is 17.2. The average Bonchev–Trinajstić information content (AvgIpc) is 2.72. The molecule has 31 heavy (non-hydrogen) atoms. The lowest BCUT2D eigenvalue weighted by atomic mass is 9.62. The molecule has 0 heterocycles. The first kappa shape index (κ1) is 23.1. The third kappa shape index (κ3) is 6.73. The highest BCUT2D eigenvalue weighted by atomic mass is 32.2. The zero-order chi connectivity index (χ0) is 22.4. The number of nitrogens with zero attached hydrogens (tertiary/aromatic N) is 1. The van der Waals surface area contributed by atoms with Gasteiger partial charge in [0.25, 0.3) is 5.69 Å². The number of sulfonamides is 1. The van der Waals surface area contributed by atoms with Crippen molar-refractivity contribution < 1.29 is 23.2 Å². The predicted octanol–water partition coefficient (Wildman–Crippen LogP) is 4.10. The molecule has 3 saturated carbocycles. The number of carbonyl (C=O) groups is 1. The number of rotatable bonds is 10. The molecule has 4 unspecified atom stereocenters. The van der Waals surface area contributed by atoms with Gasteiger partial charge in [-0.15, -0.1) is 0 Å². The maximum Gasteiger partial charge on any atom is 0.303 e. The largest absolute Gasteiger partial charge is 0.481 e. The van der Waals surface area contributed by atoms with Crippen LogP contribution in [0.15, 0.2) is 41.8 Å². The molecule has 4 rings (SSSR count). The second-order valence-corrected chi connectivity index (χ2v) is 9.98. The van der Waals surface area contributed by atoms with Crippen LogP contribution in [0.5, 0.6) is 0 Å². The summed E-state index contributed by atoms with van der Waals surface area (Å²) in [4.78, 5) is 21.0. The average molecular weight is 449 g/mol. The summed E-state index contributed by atoms with van der Waals surface area (Å²) < 4.78 is 28.1. The van der Waals surface area contributed by atoms with Crippen molar-refractivity contribution in [2.24, 2.45) is 17.8 Å². The molecule has 2 N–H and O–H groups in total. The Kier molecular flexibility index (Phi) is 7.61. The standard InChI is InChI=1S/C22H28N2O6S/c25-22(26)8-3-1-2-6-18-13-17-9-10-20(18)21(15-17)23-31(29,30)12-11-16-5-4-7-19(14-16)24(27)28/h2,4-7,11-12,14,17-18,20-21,23H,1,3,8-10,13,15H2,(H,25,26). The fourth-order valence-electron chi connectivity index (χ4n) is 4.73. The van der Waals surface area contributed by atoms with Crippen molar-refractivity contribution >= 4 is 27.8 Å². The van der Waals surface area contributed by atoms with Gasteiger partial charge in [0.1, 0.15) is 0 Å². The predicted molar refractivity (Wildman–Crippen MR) is 118 cm³/mol. The Morgan fingerprint density at radius 1 is 1.29 bits per heavy atom. The van der Waals surface area contributed by atoms with Gasteiger partial charge in [0.05, 0.1) is 4.92 Å². The number of nitro groups is 1. The first-order valence-corrected chi connectivity index (χ1v) is 12.1. The number of unbranched alkanes of at least 4 members (excludes halogenated alkanes) is 1. The molecule has 8 nitrogen and oxygen atoms in total. The third-order valence-corrected chi connectivity index (χ3v) is 7.27. The molecule has 0 radical (unpaired) electrons. The zero-order valence-corrected chi connectivity index (χ0v) is 18.0. The molecule has 0 aliphatic heterocycles. The van der Waals surface area contributed by atoms with E-state index in [-0.39, 0.29) is 24.1 Å². The van der Waals surface area contributed by atoms with Crippen LogP contribution in [-0.4, -0.2) is 30.5 Å². The first-order valence-electron chi connectivity index (χ1n) is 10.6. The number of carboxylic acid groups (broad SMARTS) is 1. The van der Waals surface area contributed by atoms with Crippen LogP contribution in [-0.2, 0) is 14.8 Å². The summed E-state index contributed by atoms with van der Waals surface area (Å²) in [6.07, 6.45) is 10.9. The number of allylic oxidation sites excluding steroid dienone is 2. The number of fused-ring (bicyclic) bond motifs is 3. The lowest BCUT2D eigenvalue weighted by Gasteiger charge is -2.46. The molecule has 9 heteroatoms. The second-order valence-electron chi connectivity index (χ2n) is 8.38. The first-order chi connectivity index (χ1) is 14.7. The summed E-state index contributed by atoms with van der Waals surface area (Å²) in [5, 5.41) is 20.7. The van der Waals surface area contributed by atoms with Crippen LogP contribution in [0, 0.1) is 27.9 Å². The SMILES string of the molecule is O=C(O)CCCC=CC1CC2CCC1C(NS(=O)(=O)C=Cc1cccc([N+](=O)[O-])c1)C2. The molecule has 1 aromatic carbocycles. The Bertz CT molecular complexity index is 972. The normalized spacial score (nSPS) is 25.9. The van der Waals surface area contributed by atoms with Crippen LogP contribution in [0.3, 0.4) is 0 Å². The van der Waals surface area contributed by atoms with E-state index in [2.05, 4.69) is 10.8 Å². The number of hydrogen-bond donors (Lipinski definition) is 2. The fraction of sp³-hybridized carbons (Fsp3) is 0.500. The van der Waals surface area contributed by atoms with Crippen molar-refractivity contribution in [1.82, 2.24) is 4.72 Å². The van der Waals surface area contributed by atoms with Gasteiger partial charge in [0, 0.05) is 30.0 Å². The van der Waals surface area contributed by atoms with Crippen LogP contribution in [0.2, 0.25) is 0 Å². The van der Waals surface area contributed by atoms with E-state index in [0.717, 1.165) is 31.1 Å². The highest BCUT2D eigenvalue weighted by Crippen LogP contribution is 2.46. The molecule has 0 spiro atoms. The lowest BCUT2D eigenvalue weighted by Crippen LogP contribution is -2.49. The van der Waals surface area contributed by atoms with Crippen LogP contribution < -0.4 is 4.72 Å². The second kappa shape index (κ2) is 10.2. The Morgan fingerprint density at radius 2 is 2.10 bits per heavy atom. The fourth-order valence-corrected chi connectivity index (χ4v) is 5.83. The molecule has 0 saturated heterocycles. The summed E-state index contributed by atoms with van der Waals surface area (Å²) >= 11 is 0. The molecular formula is C22H28N2O6S. The number of benzene rings is 1. The van der Waals surface area contributed by atoms with E-state index >= 15 is 0 Å². The molecule has 3 aliphatic carbocycles. The van der Waals surface area contributed by atoms with Gasteiger partial charge in [-0.1, -0.05) is 30.7 Å². The monoisotopic (exact) mass is 448 g/mol. The summed E-state index contributed by atoms with van der Waals surface area (Å²) in [5.41, 5.74) is 0.363. The van der Waals surface area contributed by atoms with E-state index in [0.29, 0.717) is 30.2 Å². The van der Waals surface area contributed by atoms with Crippen molar-refractivity contribution in [3.63, 3.8) is 0 Å². The number of carboxylic acids is 1. The van der Waals surface area contributed by atoms with Crippen molar-refractivity contribution in [2.75, 3.05) is 0 Å². The number of hydrogen-bond acceptors (Lipinski definition) is 5. The highest BCUT2D eigenvalue weighted by molar-refractivity contribution is 7.92. The van der Waals surface area contributed by atoms with Gasteiger partial charge in [-0.25, -0.2) is 13.1 Å². The third-order valence-electron chi connectivity index (χ3n) is 6.15. The van der Waals surface area contributed by atoms with Crippen LogP contribution in [0.25, 0.3) is 6.08 Å². The summed E-state index contributed by atoms with van der Waals surface area (Å²) in [6, 6.07) is 5.69. The number of non-ortho nitro benzene ring substituents is 1. The van der Waals surface area contributed by atoms with Gasteiger partial charge in [-0.3, -0.25) is 14.9 Å². The van der Waals surface area contributed by atoms with Crippen molar-refractivity contribution in [1.29, 1.82) is 0 Å². The van der Waals surface area contributed by atoms with Crippen LogP contribution in [0.4, 0.5) is 5.69 Å². The van der Waals surface area contributed by atoms with Crippen molar-refractivity contribution in [3.8, 4) is 0 Å². The summed E-state index contributed by atoms with van der Waals surface area (Å²) in [5.74, 6) is 0.206. The van der Waals surface area contributed by atoms with Gasteiger partial charge in [-0.05, 0) is 61.5 Å². The smallest absolute Gasteiger partial charge is 0.303 e. The molecular weight excluding hydrogens is 420 g/mol. The number of nitrogens with one attached hydrogen (secondary N) is 1. The molecule has 2 bridgehead atoms. The van der Waals surface area contributed by atoms with Crippen molar-refractivity contribution in [3.05, 3.63) is 57.5 Å². The Labute approximate surface area is 182 Å².